The average molecular weight is 350 g/mol. The zero-order valence-corrected chi connectivity index (χ0v) is 14.0. The summed E-state index contributed by atoms with van der Waals surface area (Å²) in [4.78, 5) is 16.3. The zero-order chi connectivity index (χ0) is 17.1. The molecule has 2 heterocycles. The molecule has 0 fully saturated rings. The first-order chi connectivity index (χ1) is 12.3. The molecule has 124 valence electrons. The summed E-state index contributed by atoms with van der Waals surface area (Å²) in [5, 5.41) is 5.73. The molecule has 0 aliphatic carbocycles. The number of carbonyl (C=O) groups excluding carboxylic acids is 1. The highest BCUT2D eigenvalue weighted by molar-refractivity contribution is 7.13. The summed E-state index contributed by atoms with van der Waals surface area (Å²) in [5.74, 6) is 1.22. The van der Waals surface area contributed by atoms with Crippen molar-refractivity contribution in [3.8, 4) is 22.1 Å². The van der Waals surface area contributed by atoms with Gasteiger partial charge in [0.05, 0.1) is 0 Å². The molecule has 1 aliphatic rings. The van der Waals surface area contributed by atoms with Crippen molar-refractivity contribution in [2.75, 3.05) is 12.1 Å². The maximum Gasteiger partial charge on any atom is 0.248 e. The van der Waals surface area contributed by atoms with E-state index in [1.807, 2.05) is 47.8 Å². The van der Waals surface area contributed by atoms with Gasteiger partial charge < -0.3 is 14.8 Å². The van der Waals surface area contributed by atoms with Crippen LogP contribution in [0.2, 0.25) is 0 Å². The SMILES string of the molecule is O=C(/C=C/c1ccc2c(c1)OCO2)Nc1ccc(-c2nccs2)cc1. The van der Waals surface area contributed by atoms with Crippen molar-refractivity contribution in [1.29, 1.82) is 0 Å². The standard InChI is InChI=1S/C19H14N2O3S/c22-18(8-2-13-1-7-16-17(11-13)24-12-23-16)21-15-5-3-14(4-6-15)19-20-9-10-25-19/h1-11H,12H2,(H,21,22)/b8-2+. The second-order valence-corrected chi connectivity index (χ2v) is 6.24. The van der Waals surface area contributed by atoms with Gasteiger partial charge in [0.1, 0.15) is 5.01 Å². The van der Waals surface area contributed by atoms with Crippen molar-refractivity contribution in [3.05, 3.63) is 65.7 Å². The quantitative estimate of drug-likeness (QED) is 0.717. The Kier molecular flexibility index (Phi) is 4.18. The minimum absolute atomic E-state index is 0.195. The van der Waals surface area contributed by atoms with E-state index in [0.29, 0.717) is 5.75 Å². The van der Waals surface area contributed by atoms with Crippen LogP contribution in [0, 0.1) is 0 Å². The summed E-state index contributed by atoms with van der Waals surface area (Å²) in [5.41, 5.74) is 2.64. The van der Waals surface area contributed by atoms with Crippen molar-refractivity contribution in [1.82, 2.24) is 4.98 Å². The van der Waals surface area contributed by atoms with Gasteiger partial charge in [-0.05, 0) is 48.0 Å². The van der Waals surface area contributed by atoms with Gasteiger partial charge in [0.15, 0.2) is 11.5 Å². The third-order valence-corrected chi connectivity index (χ3v) is 4.48. The Balaban J connectivity index is 1.40. The lowest BCUT2D eigenvalue weighted by molar-refractivity contribution is -0.111. The molecule has 0 saturated heterocycles. The van der Waals surface area contributed by atoms with Crippen molar-refractivity contribution >= 4 is 29.0 Å². The molecule has 1 N–H and O–H groups in total. The average Bonchev–Trinajstić information content (AvgIpc) is 3.32. The highest BCUT2D eigenvalue weighted by Crippen LogP contribution is 2.32. The lowest BCUT2D eigenvalue weighted by Gasteiger charge is -2.03. The second-order valence-electron chi connectivity index (χ2n) is 5.35. The van der Waals surface area contributed by atoms with Gasteiger partial charge in [0, 0.05) is 28.9 Å². The van der Waals surface area contributed by atoms with E-state index >= 15 is 0 Å². The Hall–Kier alpha value is -3.12. The van der Waals surface area contributed by atoms with E-state index in [1.54, 1.807) is 23.6 Å². The number of benzene rings is 2. The van der Waals surface area contributed by atoms with Crippen LogP contribution in [0.1, 0.15) is 5.56 Å². The third-order valence-electron chi connectivity index (χ3n) is 3.66. The summed E-state index contributed by atoms with van der Waals surface area (Å²) in [6.07, 6.45) is 5.00. The predicted octanol–water partition coefficient (Wildman–Crippen LogP) is 4.19. The third kappa shape index (κ3) is 3.54. The minimum Gasteiger partial charge on any atom is -0.454 e. The van der Waals surface area contributed by atoms with E-state index in [2.05, 4.69) is 10.3 Å². The Morgan fingerprint density at radius 3 is 2.76 bits per heavy atom. The fourth-order valence-corrected chi connectivity index (χ4v) is 3.08. The fourth-order valence-electron chi connectivity index (χ4n) is 2.43. The number of nitrogens with one attached hydrogen (secondary N) is 1. The smallest absolute Gasteiger partial charge is 0.248 e. The van der Waals surface area contributed by atoms with Crippen LogP contribution < -0.4 is 14.8 Å². The van der Waals surface area contributed by atoms with Crippen LogP contribution in [-0.4, -0.2) is 17.7 Å². The van der Waals surface area contributed by atoms with Crippen LogP contribution in [-0.2, 0) is 4.79 Å². The molecular weight excluding hydrogens is 336 g/mol. The summed E-state index contributed by atoms with van der Waals surface area (Å²) in [7, 11) is 0. The first-order valence-electron chi connectivity index (χ1n) is 7.66. The van der Waals surface area contributed by atoms with E-state index in [-0.39, 0.29) is 12.7 Å². The molecule has 0 spiro atoms. The molecule has 6 heteroatoms. The lowest BCUT2D eigenvalue weighted by atomic mass is 10.2. The number of hydrogen-bond acceptors (Lipinski definition) is 5. The first-order valence-corrected chi connectivity index (χ1v) is 8.54. The van der Waals surface area contributed by atoms with Gasteiger partial charge in [-0.25, -0.2) is 4.98 Å². The maximum atomic E-state index is 12.1. The molecule has 2 aromatic carbocycles. The zero-order valence-electron chi connectivity index (χ0n) is 13.1. The van der Waals surface area contributed by atoms with Gasteiger partial charge in [-0.3, -0.25) is 4.79 Å². The Labute approximate surface area is 148 Å². The number of anilines is 1. The van der Waals surface area contributed by atoms with Crippen LogP contribution >= 0.6 is 11.3 Å². The molecule has 5 nitrogen and oxygen atoms in total. The molecule has 25 heavy (non-hydrogen) atoms. The van der Waals surface area contributed by atoms with E-state index in [0.717, 1.165) is 27.6 Å². The first kappa shape index (κ1) is 15.4. The molecule has 0 radical (unpaired) electrons. The van der Waals surface area contributed by atoms with Crippen molar-refractivity contribution in [2.45, 2.75) is 0 Å². The lowest BCUT2D eigenvalue weighted by Crippen LogP contribution is -2.07. The molecule has 1 amide bonds. The molecule has 1 aromatic heterocycles. The number of aromatic nitrogens is 1. The van der Waals surface area contributed by atoms with Crippen molar-refractivity contribution in [2.24, 2.45) is 0 Å². The van der Waals surface area contributed by atoms with Gasteiger partial charge in [0.2, 0.25) is 12.7 Å². The normalized spacial score (nSPS) is 12.5. The number of rotatable bonds is 4. The minimum atomic E-state index is -0.195. The topological polar surface area (TPSA) is 60.5 Å². The van der Waals surface area contributed by atoms with Crippen LogP contribution in [0.4, 0.5) is 5.69 Å². The summed E-state index contributed by atoms with van der Waals surface area (Å²) >= 11 is 1.58. The van der Waals surface area contributed by atoms with Crippen molar-refractivity contribution < 1.29 is 14.3 Å². The molecular formula is C19H14N2O3S. The Morgan fingerprint density at radius 1 is 1.12 bits per heavy atom. The number of carbonyl (C=O) groups is 1. The van der Waals surface area contributed by atoms with Crippen LogP contribution in [0.5, 0.6) is 11.5 Å². The number of hydrogen-bond donors (Lipinski definition) is 1. The van der Waals surface area contributed by atoms with E-state index in [1.165, 1.54) is 6.08 Å². The largest absolute Gasteiger partial charge is 0.454 e. The van der Waals surface area contributed by atoms with Gasteiger partial charge in [0.25, 0.3) is 0 Å². The second kappa shape index (κ2) is 6.78. The van der Waals surface area contributed by atoms with E-state index < -0.39 is 0 Å². The maximum absolute atomic E-state index is 12.1. The highest BCUT2D eigenvalue weighted by atomic mass is 32.1. The van der Waals surface area contributed by atoms with Crippen LogP contribution in [0.3, 0.4) is 0 Å². The predicted molar refractivity (Wildman–Crippen MR) is 97.8 cm³/mol. The molecule has 0 unspecified atom stereocenters. The number of nitrogens with zero attached hydrogens (tertiary/aromatic N) is 1. The Morgan fingerprint density at radius 2 is 1.96 bits per heavy atom. The molecule has 4 rings (SSSR count). The molecule has 0 atom stereocenters. The number of ether oxygens (including phenoxy) is 2. The number of fused-ring (bicyclic) bond motifs is 1. The molecule has 1 aliphatic heterocycles. The van der Waals surface area contributed by atoms with Gasteiger partial charge in [-0.2, -0.15) is 0 Å². The van der Waals surface area contributed by atoms with Gasteiger partial charge >= 0.3 is 0 Å². The summed E-state index contributed by atoms with van der Waals surface area (Å²) in [6, 6.07) is 13.2. The molecule has 0 bridgehead atoms. The summed E-state index contributed by atoms with van der Waals surface area (Å²) in [6.45, 7) is 0.236. The molecule has 3 aromatic rings. The van der Waals surface area contributed by atoms with Crippen LogP contribution in [0.25, 0.3) is 16.6 Å². The summed E-state index contributed by atoms with van der Waals surface area (Å²) < 4.78 is 10.6. The van der Waals surface area contributed by atoms with Crippen LogP contribution in [0.15, 0.2) is 60.1 Å². The fraction of sp³-hybridized carbons (Fsp3) is 0.0526. The van der Waals surface area contributed by atoms with Gasteiger partial charge in [-0.15, -0.1) is 11.3 Å². The van der Waals surface area contributed by atoms with E-state index in [4.69, 9.17) is 9.47 Å². The monoisotopic (exact) mass is 350 g/mol. The Bertz CT molecular complexity index is 918. The molecule has 0 saturated carbocycles. The number of amides is 1. The highest BCUT2D eigenvalue weighted by Gasteiger charge is 2.12. The number of thiazole rings is 1. The van der Waals surface area contributed by atoms with Crippen molar-refractivity contribution in [3.63, 3.8) is 0 Å². The van der Waals surface area contributed by atoms with E-state index in [9.17, 15) is 4.79 Å². The van der Waals surface area contributed by atoms with Gasteiger partial charge in [-0.1, -0.05) is 6.07 Å².